The SMILES string of the molecule is CC(=N)N1C[C@@H](Oc2ccc(C(Cc3cc4cc(C(=N)N)ccc4s3)C(=O)O)cc2)C[C@H]1C. The molecule has 1 aliphatic rings. The van der Waals surface area contributed by atoms with E-state index in [0.29, 0.717) is 30.1 Å². The van der Waals surface area contributed by atoms with Crippen molar-refractivity contribution in [2.45, 2.75) is 44.8 Å². The topological polar surface area (TPSA) is 123 Å². The van der Waals surface area contributed by atoms with E-state index in [1.54, 1.807) is 18.3 Å². The number of nitrogens with two attached hydrogens (primary N) is 1. The molecule has 7 nitrogen and oxygen atoms in total. The van der Waals surface area contributed by atoms with Crippen LogP contribution in [0.15, 0.2) is 48.5 Å². The minimum absolute atomic E-state index is 0.0138. The van der Waals surface area contributed by atoms with Gasteiger partial charge in [0.25, 0.3) is 0 Å². The molecule has 0 spiro atoms. The zero-order valence-electron chi connectivity index (χ0n) is 18.7. The van der Waals surface area contributed by atoms with Gasteiger partial charge in [-0.3, -0.25) is 15.6 Å². The summed E-state index contributed by atoms with van der Waals surface area (Å²) in [4.78, 5) is 15.1. The molecule has 2 aromatic carbocycles. The summed E-state index contributed by atoms with van der Waals surface area (Å²) in [5.41, 5.74) is 6.98. The summed E-state index contributed by atoms with van der Waals surface area (Å²) >= 11 is 1.56. The van der Waals surface area contributed by atoms with Crippen LogP contribution in [0.1, 0.15) is 42.2 Å². The molecule has 1 aliphatic heterocycles. The molecule has 3 aromatic rings. The minimum Gasteiger partial charge on any atom is -0.489 e. The Bertz CT molecular complexity index is 1200. The van der Waals surface area contributed by atoms with E-state index in [9.17, 15) is 9.90 Å². The molecule has 0 amide bonds. The van der Waals surface area contributed by atoms with Crippen LogP contribution in [0, 0.1) is 10.8 Å². The van der Waals surface area contributed by atoms with Gasteiger partial charge in [0.1, 0.15) is 17.7 Å². The molecule has 33 heavy (non-hydrogen) atoms. The Labute approximate surface area is 196 Å². The second kappa shape index (κ2) is 9.23. The van der Waals surface area contributed by atoms with Crippen LogP contribution in [0.4, 0.5) is 0 Å². The highest BCUT2D eigenvalue weighted by molar-refractivity contribution is 7.19. The van der Waals surface area contributed by atoms with Crippen molar-refractivity contribution >= 4 is 39.1 Å². The highest BCUT2D eigenvalue weighted by Gasteiger charge is 2.31. The first-order valence-electron chi connectivity index (χ1n) is 10.9. The lowest BCUT2D eigenvalue weighted by Crippen LogP contribution is -2.32. The first-order valence-corrected chi connectivity index (χ1v) is 11.7. The van der Waals surface area contributed by atoms with Gasteiger partial charge in [0, 0.05) is 27.6 Å². The molecule has 4 rings (SSSR count). The fourth-order valence-corrected chi connectivity index (χ4v) is 5.51. The number of carboxylic acid groups (broad SMARTS) is 1. The maximum absolute atomic E-state index is 12.1. The van der Waals surface area contributed by atoms with Gasteiger partial charge in [0.05, 0.1) is 18.3 Å². The van der Waals surface area contributed by atoms with Crippen LogP contribution in [-0.4, -0.2) is 46.3 Å². The number of thiophene rings is 1. The van der Waals surface area contributed by atoms with E-state index in [1.165, 1.54) is 0 Å². The number of rotatable bonds is 7. The van der Waals surface area contributed by atoms with Crippen molar-refractivity contribution in [3.05, 3.63) is 64.5 Å². The van der Waals surface area contributed by atoms with E-state index in [-0.39, 0.29) is 18.0 Å². The summed E-state index contributed by atoms with van der Waals surface area (Å²) in [5.74, 6) is -0.257. The number of nitrogens with zero attached hydrogens (tertiary/aromatic N) is 1. The summed E-state index contributed by atoms with van der Waals surface area (Å²) in [6.07, 6.45) is 1.25. The Morgan fingerprint density at radius 2 is 1.97 bits per heavy atom. The standard InChI is InChI=1S/C25H28N4O3S/c1-14-9-20(13-29(14)15(2)26)32-19-6-3-16(4-7-19)22(25(30)31)12-21-11-18-10-17(24(27)28)5-8-23(18)33-21/h3-8,10-11,14,20,22,26H,9,12-13H2,1-2H3,(H3,27,28)(H,30,31)/t14-,20+,22?/m1/s1. The smallest absolute Gasteiger partial charge is 0.311 e. The van der Waals surface area contributed by atoms with Gasteiger partial charge in [-0.2, -0.15) is 0 Å². The summed E-state index contributed by atoms with van der Waals surface area (Å²) in [7, 11) is 0. The molecule has 8 heteroatoms. The first kappa shape index (κ1) is 22.8. The third-order valence-electron chi connectivity index (χ3n) is 6.13. The molecule has 1 aromatic heterocycles. The number of hydrogen-bond donors (Lipinski definition) is 4. The quantitative estimate of drug-likeness (QED) is 0.304. The van der Waals surface area contributed by atoms with Crippen molar-refractivity contribution in [1.29, 1.82) is 10.8 Å². The number of likely N-dealkylation sites (tertiary alicyclic amines) is 1. The molecule has 0 aliphatic carbocycles. The first-order chi connectivity index (χ1) is 15.7. The normalized spacial score (nSPS) is 18.9. The summed E-state index contributed by atoms with van der Waals surface area (Å²) < 4.78 is 7.14. The van der Waals surface area contributed by atoms with Crippen LogP contribution >= 0.6 is 11.3 Å². The molecular weight excluding hydrogens is 436 g/mol. The van der Waals surface area contributed by atoms with Gasteiger partial charge in [-0.15, -0.1) is 11.3 Å². The Morgan fingerprint density at radius 3 is 2.58 bits per heavy atom. The summed E-state index contributed by atoms with van der Waals surface area (Å²) in [6.45, 7) is 4.57. The predicted molar refractivity (Wildman–Crippen MR) is 132 cm³/mol. The van der Waals surface area contributed by atoms with Gasteiger partial charge in [-0.1, -0.05) is 12.1 Å². The highest BCUT2D eigenvalue weighted by atomic mass is 32.1. The molecule has 0 bridgehead atoms. The number of carboxylic acids is 1. The number of carbonyl (C=O) groups is 1. The van der Waals surface area contributed by atoms with Gasteiger partial charge in [0.15, 0.2) is 0 Å². The molecule has 172 valence electrons. The fraction of sp³-hybridized carbons (Fsp3) is 0.320. The van der Waals surface area contributed by atoms with Gasteiger partial charge in [-0.05, 0) is 67.6 Å². The Balaban J connectivity index is 1.47. The number of ether oxygens (including phenoxy) is 1. The molecule has 5 N–H and O–H groups in total. The lowest BCUT2D eigenvalue weighted by atomic mass is 9.95. The lowest BCUT2D eigenvalue weighted by Gasteiger charge is -2.21. The van der Waals surface area contributed by atoms with Crippen molar-refractivity contribution < 1.29 is 14.6 Å². The number of fused-ring (bicyclic) bond motifs is 1. The van der Waals surface area contributed by atoms with Crippen LogP contribution in [0.3, 0.4) is 0 Å². The largest absolute Gasteiger partial charge is 0.489 e. The minimum atomic E-state index is -0.868. The number of aliphatic carboxylic acids is 1. The van der Waals surface area contributed by atoms with Crippen molar-refractivity contribution in [3.8, 4) is 5.75 Å². The number of nitrogen functional groups attached to an aromatic ring is 1. The zero-order chi connectivity index (χ0) is 23.7. The van der Waals surface area contributed by atoms with Crippen molar-refractivity contribution in [2.75, 3.05) is 6.54 Å². The highest BCUT2D eigenvalue weighted by Crippen LogP contribution is 2.32. The van der Waals surface area contributed by atoms with Crippen LogP contribution in [-0.2, 0) is 11.2 Å². The van der Waals surface area contributed by atoms with E-state index >= 15 is 0 Å². The molecule has 0 radical (unpaired) electrons. The second-order valence-corrected chi connectivity index (χ2v) is 9.77. The van der Waals surface area contributed by atoms with E-state index in [0.717, 1.165) is 26.9 Å². The molecule has 1 saturated heterocycles. The van der Waals surface area contributed by atoms with E-state index in [4.69, 9.17) is 21.3 Å². The Morgan fingerprint density at radius 1 is 1.24 bits per heavy atom. The van der Waals surface area contributed by atoms with E-state index < -0.39 is 11.9 Å². The average molecular weight is 465 g/mol. The van der Waals surface area contributed by atoms with Crippen LogP contribution < -0.4 is 10.5 Å². The monoisotopic (exact) mass is 464 g/mol. The molecule has 2 heterocycles. The van der Waals surface area contributed by atoms with Gasteiger partial charge in [0.2, 0.25) is 0 Å². The molecular formula is C25H28N4O3S. The van der Waals surface area contributed by atoms with E-state index in [1.807, 2.05) is 53.4 Å². The average Bonchev–Trinajstić information content (AvgIpc) is 3.34. The molecule has 1 fully saturated rings. The van der Waals surface area contributed by atoms with Crippen molar-refractivity contribution in [2.24, 2.45) is 5.73 Å². The number of hydrogen-bond acceptors (Lipinski definition) is 5. The molecule has 3 atom stereocenters. The molecule has 0 saturated carbocycles. The predicted octanol–water partition coefficient (Wildman–Crippen LogP) is 4.44. The lowest BCUT2D eigenvalue weighted by molar-refractivity contribution is -0.138. The Kier molecular flexibility index (Phi) is 6.37. The maximum atomic E-state index is 12.1. The van der Waals surface area contributed by atoms with Crippen LogP contribution in [0.2, 0.25) is 0 Å². The summed E-state index contributed by atoms with van der Waals surface area (Å²) in [5, 5.41) is 26.3. The Hall–Kier alpha value is -3.39. The third kappa shape index (κ3) is 5.01. The number of benzene rings is 2. The van der Waals surface area contributed by atoms with Gasteiger partial charge in [-0.25, -0.2) is 0 Å². The van der Waals surface area contributed by atoms with Crippen molar-refractivity contribution in [3.63, 3.8) is 0 Å². The maximum Gasteiger partial charge on any atom is 0.311 e. The third-order valence-corrected chi connectivity index (χ3v) is 7.27. The van der Waals surface area contributed by atoms with Crippen molar-refractivity contribution in [1.82, 2.24) is 4.90 Å². The van der Waals surface area contributed by atoms with Gasteiger partial charge < -0.3 is 20.5 Å². The van der Waals surface area contributed by atoms with Crippen LogP contribution in [0.5, 0.6) is 5.75 Å². The summed E-state index contributed by atoms with van der Waals surface area (Å²) in [6, 6.07) is 15.2. The van der Waals surface area contributed by atoms with Crippen LogP contribution in [0.25, 0.3) is 10.1 Å². The number of nitrogens with one attached hydrogen (secondary N) is 2. The van der Waals surface area contributed by atoms with Gasteiger partial charge >= 0.3 is 5.97 Å². The fourth-order valence-electron chi connectivity index (χ4n) is 4.42. The number of amidine groups is 2. The second-order valence-electron chi connectivity index (χ2n) is 8.61. The van der Waals surface area contributed by atoms with E-state index in [2.05, 4.69) is 6.92 Å². The zero-order valence-corrected chi connectivity index (χ0v) is 19.5. The molecule has 1 unspecified atom stereocenters.